The number of hydrogen-bond acceptors (Lipinski definition) is 3. The van der Waals surface area contributed by atoms with E-state index < -0.39 is 0 Å². The minimum Gasteiger partial charge on any atom is -0.381 e. The van der Waals surface area contributed by atoms with Gasteiger partial charge < -0.3 is 10.1 Å². The third-order valence-electron chi connectivity index (χ3n) is 3.77. The van der Waals surface area contributed by atoms with E-state index in [9.17, 15) is 0 Å². The molecule has 4 heteroatoms. The second-order valence-corrected chi connectivity index (χ2v) is 5.24. The van der Waals surface area contributed by atoms with E-state index in [1.54, 1.807) is 7.11 Å². The monoisotopic (exact) mass is 223 g/mol. The van der Waals surface area contributed by atoms with Gasteiger partial charge in [0.2, 0.25) is 0 Å². The fourth-order valence-corrected chi connectivity index (χ4v) is 2.44. The van der Waals surface area contributed by atoms with Gasteiger partial charge in [-0.1, -0.05) is 13.8 Å². The second-order valence-electron chi connectivity index (χ2n) is 5.24. The first-order valence-electron chi connectivity index (χ1n) is 5.77. The van der Waals surface area contributed by atoms with Gasteiger partial charge in [-0.15, -0.1) is 0 Å². The van der Waals surface area contributed by atoms with Crippen LogP contribution in [0.2, 0.25) is 0 Å². The third kappa shape index (κ3) is 1.99. The summed E-state index contributed by atoms with van der Waals surface area (Å²) in [5.74, 6) is 0. The van der Waals surface area contributed by atoms with Gasteiger partial charge in [0.05, 0.1) is 12.3 Å². The first kappa shape index (κ1) is 11.6. The van der Waals surface area contributed by atoms with Crippen molar-refractivity contribution in [3.63, 3.8) is 0 Å². The average molecular weight is 223 g/mol. The standard InChI is InChI=1S/C12H21N3O/c1-12(2)10(5-11(12)16-4)13-6-9-7-14-15(3)8-9/h7-8,10-11,13H,5-6H2,1-4H3. The molecule has 1 fully saturated rings. The van der Waals surface area contributed by atoms with Crippen LogP contribution in [-0.2, 0) is 18.3 Å². The van der Waals surface area contributed by atoms with E-state index in [2.05, 4.69) is 24.3 Å². The van der Waals surface area contributed by atoms with Gasteiger partial charge in [0.1, 0.15) is 0 Å². The number of ether oxygens (including phenoxy) is 1. The predicted molar refractivity (Wildman–Crippen MR) is 63.0 cm³/mol. The lowest BCUT2D eigenvalue weighted by molar-refractivity contribution is -0.0979. The minimum atomic E-state index is 0.233. The molecule has 1 N–H and O–H groups in total. The first-order chi connectivity index (χ1) is 7.54. The molecule has 0 aliphatic heterocycles. The zero-order chi connectivity index (χ0) is 11.8. The molecule has 16 heavy (non-hydrogen) atoms. The zero-order valence-corrected chi connectivity index (χ0v) is 10.5. The van der Waals surface area contributed by atoms with Crippen molar-refractivity contribution in [3.8, 4) is 0 Å². The summed E-state index contributed by atoms with van der Waals surface area (Å²) in [5, 5.41) is 7.73. The Labute approximate surface area is 97.0 Å². The molecular weight excluding hydrogens is 202 g/mol. The largest absolute Gasteiger partial charge is 0.381 e. The number of nitrogens with zero attached hydrogens (tertiary/aromatic N) is 2. The second kappa shape index (κ2) is 4.18. The lowest BCUT2D eigenvalue weighted by Crippen LogP contribution is -2.60. The molecule has 1 aromatic rings. The molecule has 2 atom stereocenters. The van der Waals surface area contributed by atoms with Crippen LogP contribution < -0.4 is 5.32 Å². The van der Waals surface area contributed by atoms with Crippen LogP contribution in [0.25, 0.3) is 0 Å². The van der Waals surface area contributed by atoms with Crippen LogP contribution in [0.15, 0.2) is 12.4 Å². The number of nitrogens with one attached hydrogen (secondary N) is 1. The van der Waals surface area contributed by atoms with Crippen molar-refractivity contribution in [2.45, 2.75) is 39.0 Å². The highest BCUT2D eigenvalue weighted by atomic mass is 16.5. The number of aryl methyl sites for hydroxylation is 1. The van der Waals surface area contributed by atoms with Gasteiger partial charge in [0.15, 0.2) is 0 Å². The highest BCUT2D eigenvalue weighted by molar-refractivity contribution is 5.07. The summed E-state index contributed by atoms with van der Waals surface area (Å²) in [4.78, 5) is 0. The Balaban J connectivity index is 1.84. The summed E-state index contributed by atoms with van der Waals surface area (Å²) in [5.41, 5.74) is 1.47. The molecule has 0 bridgehead atoms. The quantitative estimate of drug-likeness (QED) is 0.837. The maximum Gasteiger partial charge on any atom is 0.0652 e. The summed E-state index contributed by atoms with van der Waals surface area (Å²) in [7, 11) is 3.74. The predicted octanol–water partition coefficient (Wildman–Crippen LogP) is 1.32. The molecule has 2 rings (SSSR count). The smallest absolute Gasteiger partial charge is 0.0652 e. The van der Waals surface area contributed by atoms with Crippen LogP contribution in [0.3, 0.4) is 0 Å². The summed E-state index contributed by atoms with van der Waals surface area (Å²) in [6, 6.07) is 0.539. The van der Waals surface area contributed by atoms with E-state index in [-0.39, 0.29) is 5.41 Å². The average Bonchev–Trinajstić information content (AvgIpc) is 2.63. The van der Waals surface area contributed by atoms with Gasteiger partial charge in [-0.05, 0) is 6.42 Å². The van der Waals surface area contributed by atoms with Crippen LogP contribution in [0.5, 0.6) is 0 Å². The molecule has 0 aromatic carbocycles. The molecular formula is C12H21N3O. The number of methoxy groups -OCH3 is 1. The Morgan fingerprint density at radius 1 is 1.62 bits per heavy atom. The minimum absolute atomic E-state index is 0.233. The molecule has 1 saturated carbocycles. The summed E-state index contributed by atoms with van der Waals surface area (Å²) < 4.78 is 7.27. The SMILES string of the molecule is COC1CC(NCc2cnn(C)c2)C1(C)C. The fraction of sp³-hybridized carbons (Fsp3) is 0.750. The molecule has 4 nitrogen and oxygen atoms in total. The van der Waals surface area contributed by atoms with Gasteiger partial charge in [-0.2, -0.15) is 5.10 Å². The number of hydrogen-bond donors (Lipinski definition) is 1. The Bertz CT molecular complexity index is 359. The van der Waals surface area contributed by atoms with Crippen molar-refractivity contribution < 1.29 is 4.74 Å². The first-order valence-corrected chi connectivity index (χ1v) is 5.77. The molecule has 1 aliphatic carbocycles. The summed E-state index contributed by atoms with van der Waals surface area (Å²) >= 11 is 0. The molecule has 1 heterocycles. The highest BCUT2D eigenvalue weighted by Crippen LogP contribution is 2.42. The molecule has 0 spiro atoms. The van der Waals surface area contributed by atoms with E-state index >= 15 is 0 Å². The van der Waals surface area contributed by atoms with Crippen molar-refractivity contribution in [1.29, 1.82) is 0 Å². The van der Waals surface area contributed by atoms with Crippen LogP contribution in [0.4, 0.5) is 0 Å². The van der Waals surface area contributed by atoms with E-state index in [0.29, 0.717) is 12.1 Å². The fourth-order valence-electron chi connectivity index (χ4n) is 2.44. The van der Waals surface area contributed by atoms with Crippen LogP contribution in [-0.4, -0.2) is 29.0 Å². The maximum atomic E-state index is 5.43. The van der Waals surface area contributed by atoms with Crippen molar-refractivity contribution in [1.82, 2.24) is 15.1 Å². The third-order valence-corrected chi connectivity index (χ3v) is 3.77. The van der Waals surface area contributed by atoms with Crippen molar-refractivity contribution >= 4 is 0 Å². The maximum absolute atomic E-state index is 5.43. The van der Waals surface area contributed by atoms with Gasteiger partial charge >= 0.3 is 0 Å². The Morgan fingerprint density at radius 2 is 2.38 bits per heavy atom. The van der Waals surface area contributed by atoms with Crippen LogP contribution in [0, 0.1) is 5.41 Å². The molecule has 2 unspecified atom stereocenters. The van der Waals surface area contributed by atoms with Gasteiger partial charge in [0, 0.05) is 43.9 Å². The van der Waals surface area contributed by atoms with E-state index in [1.165, 1.54) is 5.56 Å². The Morgan fingerprint density at radius 3 is 2.88 bits per heavy atom. The van der Waals surface area contributed by atoms with E-state index in [1.807, 2.05) is 24.1 Å². The van der Waals surface area contributed by atoms with E-state index in [4.69, 9.17) is 4.74 Å². The van der Waals surface area contributed by atoms with Crippen LogP contribution in [0.1, 0.15) is 25.8 Å². The summed E-state index contributed by atoms with van der Waals surface area (Å²) in [6.07, 6.45) is 5.45. The lowest BCUT2D eigenvalue weighted by atomic mass is 9.64. The van der Waals surface area contributed by atoms with Gasteiger partial charge in [-0.3, -0.25) is 4.68 Å². The highest BCUT2D eigenvalue weighted by Gasteiger charge is 2.48. The Kier molecular flexibility index (Phi) is 3.04. The molecule has 0 amide bonds. The molecule has 90 valence electrons. The molecule has 0 saturated heterocycles. The molecule has 1 aromatic heterocycles. The van der Waals surface area contributed by atoms with Gasteiger partial charge in [0.25, 0.3) is 0 Å². The number of rotatable bonds is 4. The normalized spacial score (nSPS) is 27.8. The van der Waals surface area contributed by atoms with Crippen molar-refractivity contribution in [3.05, 3.63) is 18.0 Å². The topological polar surface area (TPSA) is 39.1 Å². The van der Waals surface area contributed by atoms with Crippen LogP contribution >= 0.6 is 0 Å². The lowest BCUT2D eigenvalue weighted by Gasteiger charge is -2.51. The Hall–Kier alpha value is -0.870. The zero-order valence-electron chi connectivity index (χ0n) is 10.5. The van der Waals surface area contributed by atoms with Gasteiger partial charge in [-0.25, -0.2) is 0 Å². The van der Waals surface area contributed by atoms with Crippen molar-refractivity contribution in [2.24, 2.45) is 12.5 Å². The van der Waals surface area contributed by atoms with E-state index in [0.717, 1.165) is 13.0 Å². The summed E-state index contributed by atoms with van der Waals surface area (Å²) in [6.45, 7) is 5.40. The number of aromatic nitrogens is 2. The van der Waals surface area contributed by atoms with Crippen molar-refractivity contribution in [2.75, 3.05) is 7.11 Å². The molecule has 1 aliphatic rings. The molecule has 0 radical (unpaired) electrons.